The molecule has 2 aromatic rings. The van der Waals surface area contributed by atoms with Crippen LogP contribution in [0.3, 0.4) is 0 Å². The zero-order valence-electron chi connectivity index (χ0n) is 13.0. The number of hydrogen-bond donors (Lipinski definition) is 3. The normalized spacial score (nSPS) is 16.5. The van der Waals surface area contributed by atoms with Gasteiger partial charge in [0, 0.05) is 17.5 Å². The lowest BCUT2D eigenvalue weighted by atomic mass is 9.87. The van der Waals surface area contributed by atoms with Gasteiger partial charge in [0.15, 0.2) is 0 Å². The van der Waals surface area contributed by atoms with Gasteiger partial charge in [-0.2, -0.15) is 0 Å². The van der Waals surface area contributed by atoms with Gasteiger partial charge in [0.05, 0.1) is 6.10 Å². The Morgan fingerprint density at radius 3 is 2.61 bits per heavy atom. The van der Waals surface area contributed by atoms with Crippen molar-refractivity contribution < 1.29 is 14.6 Å². The van der Waals surface area contributed by atoms with Crippen LogP contribution in [0, 0.1) is 0 Å². The molecule has 2 atom stereocenters. The summed E-state index contributed by atoms with van der Waals surface area (Å²) in [6.07, 6.45) is 1.60. The summed E-state index contributed by atoms with van der Waals surface area (Å²) < 4.78 is 5.43. The summed E-state index contributed by atoms with van der Waals surface area (Å²) in [5.74, 6) is 0. The number of halogens is 1. The summed E-state index contributed by atoms with van der Waals surface area (Å²) in [6.45, 7) is 0.288. The van der Waals surface area contributed by atoms with Crippen LogP contribution in [0.4, 0.5) is 0 Å². The average Bonchev–Trinajstić information content (AvgIpc) is 2.54. The molecule has 0 saturated heterocycles. The Hall–Kier alpha value is -1.40. The summed E-state index contributed by atoms with van der Waals surface area (Å²) in [5.41, 5.74) is 2.54. The van der Waals surface area contributed by atoms with E-state index in [0.717, 1.165) is 42.2 Å². The maximum Gasteiger partial charge on any atom is 0.339 e. The predicted molar refractivity (Wildman–Crippen MR) is 91.3 cm³/mol. The highest BCUT2D eigenvalue weighted by Crippen LogP contribution is 2.33. The molecule has 1 heterocycles. The van der Waals surface area contributed by atoms with E-state index < -0.39 is 12.2 Å². The molecular formula is C17H22ClNO4. The van der Waals surface area contributed by atoms with Crippen molar-refractivity contribution in [1.29, 1.82) is 0 Å². The van der Waals surface area contributed by atoms with E-state index in [0.29, 0.717) is 11.1 Å². The van der Waals surface area contributed by atoms with Crippen LogP contribution in [-0.4, -0.2) is 29.9 Å². The Kier molecular flexibility index (Phi) is 5.81. The molecule has 1 aliphatic rings. The van der Waals surface area contributed by atoms with Crippen molar-refractivity contribution in [2.24, 2.45) is 0 Å². The van der Waals surface area contributed by atoms with Gasteiger partial charge in [0.2, 0.25) is 0 Å². The first-order chi connectivity index (χ1) is 10.6. The van der Waals surface area contributed by atoms with Gasteiger partial charge >= 0.3 is 5.63 Å². The predicted octanol–water partition coefficient (Wildman–Crippen LogP) is 1.71. The minimum Gasteiger partial charge on any atom is -0.422 e. The van der Waals surface area contributed by atoms with E-state index in [1.807, 2.05) is 0 Å². The third kappa shape index (κ3) is 3.28. The monoisotopic (exact) mass is 339 g/mol. The van der Waals surface area contributed by atoms with Crippen molar-refractivity contribution in [2.75, 3.05) is 13.6 Å². The quantitative estimate of drug-likeness (QED) is 0.739. The highest BCUT2D eigenvalue weighted by Gasteiger charge is 2.25. The first kappa shape index (κ1) is 17.9. The number of aliphatic hydroxyl groups is 2. The van der Waals surface area contributed by atoms with Gasteiger partial charge in [0.25, 0.3) is 0 Å². The van der Waals surface area contributed by atoms with Crippen LogP contribution in [0.25, 0.3) is 11.0 Å². The highest BCUT2D eigenvalue weighted by atomic mass is 35.5. The van der Waals surface area contributed by atoms with Gasteiger partial charge in [0.1, 0.15) is 11.7 Å². The molecule has 0 radical (unpaired) electrons. The highest BCUT2D eigenvalue weighted by molar-refractivity contribution is 5.86. The van der Waals surface area contributed by atoms with Gasteiger partial charge < -0.3 is 19.9 Å². The molecule has 1 aromatic carbocycles. The smallest absolute Gasteiger partial charge is 0.339 e. The number of benzene rings is 1. The number of nitrogens with one attached hydrogen (secondary N) is 1. The van der Waals surface area contributed by atoms with E-state index >= 15 is 0 Å². The molecule has 0 saturated carbocycles. The largest absolute Gasteiger partial charge is 0.422 e. The first-order valence-electron chi connectivity index (χ1n) is 7.71. The number of hydrogen-bond acceptors (Lipinski definition) is 5. The second kappa shape index (κ2) is 7.45. The number of likely N-dealkylation sites (N-methyl/N-ethyl adjacent to an activating group) is 1. The minimum absolute atomic E-state index is 0. The third-order valence-corrected chi connectivity index (χ3v) is 4.37. The number of aliphatic hydroxyl groups excluding tert-OH is 2. The lowest BCUT2D eigenvalue weighted by Gasteiger charge is -2.22. The lowest BCUT2D eigenvalue weighted by Crippen LogP contribution is -2.30. The molecule has 0 fully saturated rings. The van der Waals surface area contributed by atoms with Gasteiger partial charge in [-0.3, -0.25) is 0 Å². The number of fused-ring (bicyclic) bond motifs is 3. The van der Waals surface area contributed by atoms with E-state index in [4.69, 9.17) is 4.42 Å². The Morgan fingerprint density at radius 2 is 1.91 bits per heavy atom. The van der Waals surface area contributed by atoms with E-state index in [2.05, 4.69) is 5.32 Å². The summed E-state index contributed by atoms with van der Waals surface area (Å²) in [7, 11) is 1.72. The maximum atomic E-state index is 12.1. The molecule has 5 nitrogen and oxygen atoms in total. The average molecular weight is 340 g/mol. The zero-order chi connectivity index (χ0) is 15.7. The molecule has 6 heteroatoms. The molecule has 0 amide bonds. The van der Waals surface area contributed by atoms with Crippen molar-refractivity contribution in [3.8, 4) is 0 Å². The molecule has 0 aliphatic heterocycles. The zero-order valence-corrected chi connectivity index (χ0v) is 13.9. The van der Waals surface area contributed by atoms with Crippen LogP contribution in [-0.2, 0) is 12.8 Å². The van der Waals surface area contributed by atoms with Gasteiger partial charge in [-0.05, 0) is 49.9 Å². The first-order valence-corrected chi connectivity index (χ1v) is 7.71. The van der Waals surface area contributed by atoms with E-state index in [9.17, 15) is 15.0 Å². The summed E-state index contributed by atoms with van der Waals surface area (Å²) in [5, 5.41) is 24.2. The van der Waals surface area contributed by atoms with Crippen LogP contribution in [0.1, 0.15) is 35.6 Å². The fraction of sp³-hybridized carbons (Fsp3) is 0.471. The van der Waals surface area contributed by atoms with Crippen molar-refractivity contribution in [3.63, 3.8) is 0 Å². The Labute approximate surface area is 140 Å². The SMILES string of the molecule is CNCC(O)C(O)c1cccc2oc(=O)c3c(c12)CCCC3.Cl. The Bertz CT molecular complexity index is 743. The van der Waals surface area contributed by atoms with Gasteiger partial charge in [-0.25, -0.2) is 4.79 Å². The minimum atomic E-state index is -1.02. The summed E-state index contributed by atoms with van der Waals surface area (Å²) >= 11 is 0. The van der Waals surface area contributed by atoms with Crippen LogP contribution in [0.2, 0.25) is 0 Å². The number of aryl methyl sites for hydroxylation is 1. The fourth-order valence-electron chi connectivity index (χ4n) is 3.30. The molecule has 1 aromatic heterocycles. The molecule has 3 N–H and O–H groups in total. The van der Waals surface area contributed by atoms with Crippen LogP contribution < -0.4 is 10.9 Å². The van der Waals surface area contributed by atoms with Crippen molar-refractivity contribution >= 4 is 23.4 Å². The van der Waals surface area contributed by atoms with E-state index in [-0.39, 0.29) is 24.6 Å². The second-order valence-electron chi connectivity index (χ2n) is 5.84. The molecule has 1 aliphatic carbocycles. The summed E-state index contributed by atoms with van der Waals surface area (Å²) in [4.78, 5) is 12.1. The number of rotatable bonds is 4. The summed E-state index contributed by atoms with van der Waals surface area (Å²) in [6, 6.07) is 5.28. The van der Waals surface area contributed by atoms with E-state index in [1.165, 1.54) is 0 Å². The van der Waals surface area contributed by atoms with Crippen LogP contribution in [0.15, 0.2) is 27.4 Å². The Balaban J connectivity index is 0.00000192. The van der Waals surface area contributed by atoms with Crippen molar-refractivity contribution in [1.82, 2.24) is 5.32 Å². The maximum absolute atomic E-state index is 12.1. The molecule has 0 bridgehead atoms. The topological polar surface area (TPSA) is 82.7 Å². The van der Waals surface area contributed by atoms with Crippen molar-refractivity contribution in [2.45, 2.75) is 37.9 Å². The molecule has 0 spiro atoms. The standard InChI is InChI=1S/C17H21NO4.ClH/c1-18-9-13(19)16(20)12-7-4-8-14-15(12)10-5-2-3-6-11(10)17(21)22-14;/h4,7-8,13,16,18-20H,2-3,5-6,9H2,1H3;1H. The molecule has 126 valence electrons. The van der Waals surface area contributed by atoms with Gasteiger partial charge in [-0.15, -0.1) is 12.4 Å². The molecule has 23 heavy (non-hydrogen) atoms. The second-order valence-corrected chi connectivity index (χ2v) is 5.84. The van der Waals surface area contributed by atoms with Crippen molar-refractivity contribution in [3.05, 3.63) is 45.3 Å². The molecule has 3 rings (SSSR count). The van der Waals surface area contributed by atoms with Crippen LogP contribution >= 0.6 is 12.4 Å². The van der Waals surface area contributed by atoms with Crippen LogP contribution in [0.5, 0.6) is 0 Å². The Morgan fingerprint density at radius 1 is 1.22 bits per heavy atom. The molecule has 2 unspecified atom stereocenters. The van der Waals surface area contributed by atoms with E-state index in [1.54, 1.807) is 25.2 Å². The van der Waals surface area contributed by atoms with Gasteiger partial charge in [-0.1, -0.05) is 12.1 Å². The third-order valence-electron chi connectivity index (χ3n) is 4.37. The molecular weight excluding hydrogens is 318 g/mol. The fourth-order valence-corrected chi connectivity index (χ4v) is 3.30. The lowest BCUT2D eigenvalue weighted by molar-refractivity contribution is 0.0210.